The summed E-state index contributed by atoms with van der Waals surface area (Å²) in [6.07, 6.45) is 3.12. The summed E-state index contributed by atoms with van der Waals surface area (Å²) in [4.78, 5) is 10.5. The molecular formula is C9H18O3. The Bertz CT molecular complexity index is 112. The second-order valence-corrected chi connectivity index (χ2v) is 2.85. The van der Waals surface area contributed by atoms with Crippen LogP contribution in [0.15, 0.2) is 0 Å². The van der Waals surface area contributed by atoms with E-state index in [1.165, 1.54) is 0 Å². The summed E-state index contributed by atoms with van der Waals surface area (Å²) in [7, 11) is 0. The molecule has 0 aliphatic carbocycles. The number of ketones is 1. The average molecular weight is 174 g/mol. The molecule has 0 saturated heterocycles. The number of hydrogen-bond acceptors (Lipinski definition) is 3. The lowest BCUT2D eigenvalue weighted by molar-refractivity contribution is -0.117. The highest BCUT2D eigenvalue weighted by Crippen LogP contribution is 1.93. The molecule has 72 valence electrons. The van der Waals surface area contributed by atoms with Crippen molar-refractivity contribution >= 4 is 5.78 Å². The summed E-state index contributed by atoms with van der Waals surface area (Å²) in [5.74, 6) is 0.217. The van der Waals surface area contributed by atoms with Gasteiger partial charge >= 0.3 is 0 Å². The number of aliphatic hydroxyl groups is 1. The molecule has 1 N–H and O–H groups in total. The number of unbranched alkanes of at least 4 members (excludes halogenated alkanes) is 1. The van der Waals surface area contributed by atoms with Crippen molar-refractivity contribution in [3.63, 3.8) is 0 Å². The van der Waals surface area contributed by atoms with Crippen LogP contribution in [0, 0.1) is 0 Å². The maximum atomic E-state index is 10.5. The molecular weight excluding hydrogens is 156 g/mol. The third-order valence-corrected chi connectivity index (χ3v) is 1.51. The molecule has 0 spiro atoms. The highest BCUT2D eigenvalue weighted by Gasteiger charge is 1.93. The van der Waals surface area contributed by atoms with E-state index in [-0.39, 0.29) is 12.4 Å². The van der Waals surface area contributed by atoms with Crippen molar-refractivity contribution in [2.24, 2.45) is 0 Å². The van der Waals surface area contributed by atoms with E-state index in [1.54, 1.807) is 6.92 Å². The second kappa shape index (κ2) is 8.68. The SMILES string of the molecule is CC(=O)CCCOCCCCO. The lowest BCUT2D eigenvalue weighted by Gasteiger charge is -2.01. The minimum Gasteiger partial charge on any atom is -0.396 e. The first-order valence-electron chi connectivity index (χ1n) is 4.45. The number of hydrogen-bond donors (Lipinski definition) is 1. The molecule has 0 aromatic heterocycles. The van der Waals surface area contributed by atoms with Crippen LogP contribution < -0.4 is 0 Å². The van der Waals surface area contributed by atoms with E-state index >= 15 is 0 Å². The highest BCUT2D eigenvalue weighted by atomic mass is 16.5. The Hall–Kier alpha value is -0.410. The number of rotatable bonds is 8. The molecule has 0 aromatic carbocycles. The van der Waals surface area contributed by atoms with Crippen molar-refractivity contribution in [2.75, 3.05) is 19.8 Å². The van der Waals surface area contributed by atoms with Gasteiger partial charge in [0.1, 0.15) is 5.78 Å². The van der Waals surface area contributed by atoms with Crippen LogP contribution in [-0.4, -0.2) is 30.7 Å². The molecule has 0 saturated carbocycles. The Morgan fingerprint density at radius 2 is 1.92 bits per heavy atom. The number of ether oxygens (including phenoxy) is 1. The summed E-state index contributed by atoms with van der Waals surface area (Å²) < 4.78 is 5.22. The third-order valence-electron chi connectivity index (χ3n) is 1.51. The lowest BCUT2D eigenvalue weighted by Crippen LogP contribution is -2.00. The molecule has 0 bridgehead atoms. The Balaban J connectivity index is 2.86. The molecule has 0 aliphatic heterocycles. The molecule has 0 unspecified atom stereocenters. The Labute approximate surface area is 73.7 Å². The monoisotopic (exact) mass is 174 g/mol. The largest absolute Gasteiger partial charge is 0.396 e. The zero-order valence-electron chi connectivity index (χ0n) is 7.71. The summed E-state index contributed by atoms with van der Waals surface area (Å²) in [5, 5.41) is 8.44. The lowest BCUT2D eigenvalue weighted by atomic mass is 10.2. The van der Waals surface area contributed by atoms with Gasteiger partial charge in [0.15, 0.2) is 0 Å². The quantitative estimate of drug-likeness (QED) is 0.561. The van der Waals surface area contributed by atoms with Crippen LogP contribution in [0.5, 0.6) is 0 Å². The molecule has 12 heavy (non-hydrogen) atoms. The van der Waals surface area contributed by atoms with Crippen molar-refractivity contribution in [1.82, 2.24) is 0 Å². The van der Waals surface area contributed by atoms with Gasteiger partial charge in [-0.3, -0.25) is 0 Å². The molecule has 0 fully saturated rings. The van der Waals surface area contributed by atoms with Crippen molar-refractivity contribution < 1.29 is 14.6 Å². The fourth-order valence-electron chi connectivity index (χ4n) is 0.841. The van der Waals surface area contributed by atoms with Gasteiger partial charge in [0.2, 0.25) is 0 Å². The van der Waals surface area contributed by atoms with Gasteiger partial charge in [-0.25, -0.2) is 0 Å². The molecule has 3 heteroatoms. The predicted octanol–water partition coefficient (Wildman–Crippen LogP) is 1.14. The van der Waals surface area contributed by atoms with Crippen LogP contribution in [0.4, 0.5) is 0 Å². The van der Waals surface area contributed by atoms with Crippen LogP contribution in [0.25, 0.3) is 0 Å². The first-order chi connectivity index (χ1) is 5.77. The van der Waals surface area contributed by atoms with Crippen LogP contribution in [0.1, 0.15) is 32.6 Å². The molecule has 0 rings (SSSR count). The van der Waals surface area contributed by atoms with Gasteiger partial charge in [0.05, 0.1) is 0 Å². The van der Waals surface area contributed by atoms with E-state index in [2.05, 4.69) is 0 Å². The molecule has 0 aliphatic rings. The van der Waals surface area contributed by atoms with Crippen molar-refractivity contribution in [3.8, 4) is 0 Å². The Kier molecular flexibility index (Phi) is 8.39. The fourth-order valence-corrected chi connectivity index (χ4v) is 0.841. The first-order valence-corrected chi connectivity index (χ1v) is 4.45. The van der Waals surface area contributed by atoms with E-state index in [0.29, 0.717) is 19.6 Å². The van der Waals surface area contributed by atoms with Crippen LogP contribution in [-0.2, 0) is 9.53 Å². The van der Waals surface area contributed by atoms with Gasteiger partial charge < -0.3 is 14.6 Å². The molecule has 3 nitrogen and oxygen atoms in total. The molecule has 0 aromatic rings. The van der Waals surface area contributed by atoms with Crippen molar-refractivity contribution in [1.29, 1.82) is 0 Å². The minimum absolute atomic E-state index is 0.217. The summed E-state index contributed by atoms with van der Waals surface area (Å²) in [6, 6.07) is 0. The second-order valence-electron chi connectivity index (χ2n) is 2.85. The fraction of sp³-hybridized carbons (Fsp3) is 0.889. The average Bonchev–Trinajstić information content (AvgIpc) is 2.02. The van der Waals surface area contributed by atoms with Gasteiger partial charge in [0.25, 0.3) is 0 Å². The van der Waals surface area contributed by atoms with Crippen molar-refractivity contribution in [3.05, 3.63) is 0 Å². The Morgan fingerprint density at radius 1 is 1.25 bits per heavy atom. The highest BCUT2D eigenvalue weighted by molar-refractivity contribution is 5.75. The predicted molar refractivity (Wildman–Crippen MR) is 47.1 cm³/mol. The number of carbonyl (C=O) groups is 1. The van der Waals surface area contributed by atoms with Gasteiger partial charge in [-0.1, -0.05) is 0 Å². The zero-order valence-corrected chi connectivity index (χ0v) is 7.71. The first kappa shape index (κ1) is 11.6. The topological polar surface area (TPSA) is 46.5 Å². The third kappa shape index (κ3) is 9.59. The van der Waals surface area contributed by atoms with Crippen LogP contribution in [0.2, 0.25) is 0 Å². The molecule has 0 amide bonds. The van der Waals surface area contributed by atoms with E-state index in [0.717, 1.165) is 19.3 Å². The standard InChI is InChI=1S/C9H18O3/c1-9(11)5-4-8-12-7-3-2-6-10/h10H,2-8H2,1H3. The maximum Gasteiger partial charge on any atom is 0.129 e. The molecule has 0 heterocycles. The van der Waals surface area contributed by atoms with E-state index < -0.39 is 0 Å². The van der Waals surface area contributed by atoms with E-state index in [4.69, 9.17) is 9.84 Å². The number of aliphatic hydroxyl groups excluding tert-OH is 1. The Morgan fingerprint density at radius 3 is 2.50 bits per heavy atom. The maximum absolute atomic E-state index is 10.5. The van der Waals surface area contributed by atoms with Gasteiger partial charge in [0, 0.05) is 26.2 Å². The molecule has 0 radical (unpaired) electrons. The van der Waals surface area contributed by atoms with Gasteiger partial charge in [-0.15, -0.1) is 0 Å². The minimum atomic E-state index is 0.217. The molecule has 0 atom stereocenters. The zero-order chi connectivity index (χ0) is 9.23. The van der Waals surface area contributed by atoms with Crippen LogP contribution in [0.3, 0.4) is 0 Å². The summed E-state index contributed by atoms with van der Waals surface area (Å²) in [5.41, 5.74) is 0. The number of Topliss-reactive ketones (excluding diaryl/α,β-unsaturated/α-hetero) is 1. The summed E-state index contributed by atoms with van der Waals surface area (Å²) in [6.45, 7) is 3.17. The number of carbonyl (C=O) groups excluding carboxylic acids is 1. The van der Waals surface area contributed by atoms with Crippen LogP contribution >= 0.6 is 0 Å². The smallest absolute Gasteiger partial charge is 0.129 e. The summed E-state index contributed by atoms with van der Waals surface area (Å²) >= 11 is 0. The normalized spacial score (nSPS) is 10.2. The van der Waals surface area contributed by atoms with Crippen molar-refractivity contribution in [2.45, 2.75) is 32.6 Å². The van der Waals surface area contributed by atoms with E-state index in [1.807, 2.05) is 0 Å². The van der Waals surface area contributed by atoms with E-state index in [9.17, 15) is 4.79 Å². The van der Waals surface area contributed by atoms with Gasteiger partial charge in [-0.2, -0.15) is 0 Å². The van der Waals surface area contributed by atoms with Gasteiger partial charge in [-0.05, 0) is 26.2 Å².